The van der Waals surface area contributed by atoms with Gasteiger partial charge in [0.25, 0.3) is 0 Å². The zero-order valence-electron chi connectivity index (χ0n) is 17.2. The lowest BCUT2D eigenvalue weighted by Gasteiger charge is -2.28. The Balaban J connectivity index is 1.74. The summed E-state index contributed by atoms with van der Waals surface area (Å²) in [5.41, 5.74) is 1.65. The number of benzene rings is 1. The average molecular weight is 422 g/mol. The Labute approximate surface area is 181 Å². The van der Waals surface area contributed by atoms with Crippen molar-refractivity contribution in [3.8, 4) is 0 Å². The first-order chi connectivity index (χ1) is 15.1. The molecule has 2 heterocycles. The van der Waals surface area contributed by atoms with Gasteiger partial charge in [-0.1, -0.05) is 36.4 Å². The lowest BCUT2D eigenvalue weighted by atomic mass is 10.0. The van der Waals surface area contributed by atoms with Gasteiger partial charge >= 0.3 is 0 Å². The van der Waals surface area contributed by atoms with Crippen LogP contribution < -0.4 is 10.6 Å². The van der Waals surface area contributed by atoms with Crippen molar-refractivity contribution in [1.82, 2.24) is 20.5 Å². The number of aromatic nitrogens is 1. The Morgan fingerprint density at radius 2 is 1.90 bits per heavy atom. The molecule has 0 bridgehead atoms. The molecule has 0 spiro atoms. The van der Waals surface area contributed by atoms with Gasteiger partial charge in [0.15, 0.2) is 0 Å². The molecule has 0 saturated carbocycles. The molecule has 1 aliphatic rings. The number of pyridine rings is 1. The summed E-state index contributed by atoms with van der Waals surface area (Å²) >= 11 is 0. The van der Waals surface area contributed by atoms with E-state index in [9.17, 15) is 19.2 Å². The first-order valence-corrected chi connectivity index (χ1v) is 10.3. The van der Waals surface area contributed by atoms with Crippen LogP contribution >= 0.6 is 0 Å². The van der Waals surface area contributed by atoms with Gasteiger partial charge in [0, 0.05) is 25.4 Å². The highest BCUT2D eigenvalue weighted by atomic mass is 16.2. The molecular formula is C23H26N4O4. The van der Waals surface area contributed by atoms with Gasteiger partial charge < -0.3 is 20.3 Å². The second-order valence-corrected chi connectivity index (χ2v) is 7.45. The number of nitrogens with zero attached hydrogens (tertiary/aromatic N) is 2. The molecule has 0 radical (unpaired) electrons. The third-order valence-corrected chi connectivity index (χ3v) is 5.20. The predicted octanol–water partition coefficient (Wildman–Crippen LogP) is 0.658. The molecule has 8 nitrogen and oxygen atoms in total. The lowest BCUT2D eigenvalue weighted by molar-refractivity contribution is -0.141. The normalized spacial score (nSPS) is 16.4. The zero-order valence-corrected chi connectivity index (χ0v) is 17.2. The number of hydrogen-bond donors (Lipinski definition) is 2. The van der Waals surface area contributed by atoms with Crippen molar-refractivity contribution in [1.29, 1.82) is 0 Å². The van der Waals surface area contributed by atoms with Crippen molar-refractivity contribution >= 4 is 24.0 Å². The van der Waals surface area contributed by atoms with Crippen molar-refractivity contribution in [2.45, 2.75) is 37.8 Å². The number of carbonyl (C=O) groups excluding carboxylic acids is 4. The molecule has 3 rings (SSSR count). The molecule has 31 heavy (non-hydrogen) atoms. The van der Waals surface area contributed by atoms with Gasteiger partial charge in [-0.15, -0.1) is 0 Å². The summed E-state index contributed by atoms with van der Waals surface area (Å²) in [5, 5.41) is 5.37. The summed E-state index contributed by atoms with van der Waals surface area (Å²) < 4.78 is 0. The molecule has 0 unspecified atom stereocenters. The van der Waals surface area contributed by atoms with Crippen LogP contribution in [0, 0.1) is 0 Å². The Morgan fingerprint density at radius 3 is 2.61 bits per heavy atom. The van der Waals surface area contributed by atoms with E-state index in [1.165, 1.54) is 4.90 Å². The maximum absolute atomic E-state index is 13.4. The van der Waals surface area contributed by atoms with E-state index in [-0.39, 0.29) is 30.7 Å². The van der Waals surface area contributed by atoms with Crippen LogP contribution in [0.3, 0.4) is 0 Å². The number of carbonyl (C=O) groups is 4. The van der Waals surface area contributed by atoms with E-state index in [0.717, 1.165) is 11.1 Å². The van der Waals surface area contributed by atoms with Gasteiger partial charge in [-0.2, -0.15) is 0 Å². The van der Waals surface area contributed by atoms with Crippen LogP contribution in [0.15, 0.2) is 54.9 Å². The summed E-state index contributed by atoms with van der Waals surface area (Å²) in [6, 6.07) is 11.5. The molecule has 8 heteroatoms. The van der Waals surface area contributed by atoms with Crippen LogP contribution in [-0.4, -0.2) is 59.1 Å². The molecule has 2 N–H and O–H groups in total. The largest absolute Gasteiger partial charge is 0.348 e. The molecule has 1 aromatic carbocycles. The molecular weight excluding hydrogens is 396 g/mol. The fourth-order valence-electron chi connectivity index (χ4n) is 3.75. The van der Waals surface area contributed by atoms with E-state index in [1.54, 1.807) is 24.5 Å². The minimum Gasteiger partial charge on any atom is -0.348 e. The van der Waals surface area contributed by atoms with E-state index >= 15 is 0 Å². The van der Waals surface area contributed by atoms with Gasteiger partial charge in [0.2, 0.25) is 17.7 Å². The number of amides is 3. The van der Waals surface area contributed by atoms with Crippen molar-refractivity contribution < 1.29 is 19.2 Å². The van der Waals surface area contributed by atoms with Crippen LogP contribution in [0.1, 0.15) is 24.0 Å². The van der Waals surface area contributed by atoms with E-state index in [0.29, 0.717) is 32.1 Å². The minimum atomic E-state index is -0.800. The van der Waals surface area contributed by atoms with E-state index in [1.807, 2.05) is 30.3 Å². The van der Waals surface area contributed by atoms with Gasteiger partial charge in [0.05, 0.1) is 13.0 Å². The van der Waals surface area contributed by atoms with E-state index < -0.39 is 12.1 Å². The van der Waals surface area contributed by atoms with Crippen LogP contribution in [0.4, 0.5) is 0 Å². The maximum Gasteiger partial charge on any atom is 0.246 e. The second-order valence-electron chi connectivity index (χ2n) is 7.45. The second kappa shape index (κ2) is 11.0. The van der Waals surface area contributed by atoms with Gasteiger partial charge in [-0.05, 0) is 30.0 Å². The summed E-state index contributed by atoms with van der Waals surface area (Å²) in [5.74, 6) is -0.936. The third kappa shape index (κ3) is 6.21. The maximum atomic E-state index is 13.4. The highest BCUT2D eigenvalue weighted by Crippen LogP contribution is 2.20. The first-order valence-electron chi connectivity index (χ1n) is 10.3. The molecule has 0 aliphatic carbocycles. The number of hydrogen-bond acceptors (Lipinski definition) is 5. The van der Waals surface area contributed by atoms with E-state index in [4.69, 9.17) is 0 Å². The van der Waals surface area contributed by atoms with Crippen molar-refractivity contribution in [3.05, 3.63) is 66.0 Å². The minimum absolute atomic E-state index is 0.0906. The quantitative estimate of drug-likeness (QED) is 0.577. The van der Waals surface area contributed by atoms with Crippen LogP contribution in [0.2, 0.25) is 0 Å². The predicted molar refractivity (Wildman–Crippen MR) is 114 cm³/mol. The molecule has 1 aromatic heterocycles. The molecule has 1 fully saturated rings. The number of aldehydes is 1. The summed E-state index contributed by atoms with van der Waals surface area (Å²) in [6.45, 7) is 0.342. The van der Waals surface area contributed by atoms with Crippen LogP contribution in [0.25, 0.3) is 0 Å². The smallest absolute Gasteiger partial charge is 0.246 e. The lowest BCUT2D eigenvalue weighted by Crippen LogP contribution is -2.54. The fraction of sp³-hybridized carbons (Fsp3) is 0.348. The SMILES string of the molecule is O=CCNC(=O)[C@@H]1CCCN1C(=O)[C@@H](Cc1ccccc1)NC(=O)Cc1cccnc1. The highest BCUT2D eigenvalue weighted by Gasteiger charge is 2.37. The first kappa shape index (κ1) is 22.1. The fourth-order valence-corrected chi connectivity index (χ4v) is 3.75. The number of nitrogens with one attached hydrogen (secondary N) is 2. The van der Waals surface area contributed by atoms with Crippen molar-refractivity contribution in [3.63, 3.8) is 0 Å². The topological polar surface area (TPSA) is 108 Å². The van der Waals surface area contributed by atoms with Gasteiger partial charge in [0.1, 0.15) is 18.4 Å². The average Bonchev–Trinajstić information content (AvgIpc) is 3.28. The summed E-state index contributed by atoms with van der Waals surface area (Å²) in [4.78, 5) is 54.5. The van der Waals surface area contributed by atoms with Gasteiger partial charge in [-0.3, -0.25) is 19.4 Å². The van der Waals surface area contributed by atoms with Gasteiger partial charge in [-0.25, -0.2) is 0 Å². The van der Waals surface area contributed by atoms with Crippen LogP contribution in [-0.2, 0) is 32.0 Å². The van der Waals surface area contributed by atoms with Crippen molar-refractivity contribution in [2.24, 2.45) is 0 Å². The molecule has 162 valence electrons. The number of likely N-dealkylation sites (tertiary alicyclic amines) is 1. The Bertz CT molecular complexity index is 904. The molecule has 3 amide bonds. The molecule has 1 saturated heterocycles. The number of rotatable bonds is 9. The monoisotopic (exact) mass is 422 g/mol. The Kier molecular flexibility index (Phi) is 7.86. The standard InChI is InChI=1S/C23H26N4O4/c28-13-11-25-22(30)20-9-5-12-27(20)23(31)19(14-17-6-2-1-3-7-17)26-21(29)15-18-8-4-10-24-16-18/h1-4,6-8,10,13,16,19-20H,5,9,11-12,14-15H2,(H,25,30)(H,26,29)/t19-,20+/m1/s1. The van der Waals surface area contributed by atoms with Crippen LogP contribution in [0.5, 0.6) is 0 Å². The summed E-state index contributed by atoms with van der Waals surface area (Å²) in [6.07, 6.45) is 5.49. The zero-order chi connectivity index (χ0) is 22.1. The molecule has 1 aliphatic heterocycles. The Hall–Kier alpha value is -3.55. The van der Waals surface area contributed by atoms with E-state index in [2.05, 4.69) is 15.6 Å². The summed E-state index contributed by atoms with van der Waals surface area (Å²) in [7, 11) is 0. The molecule has 2 aromatic rings. The highest BCUT2D eigenvalue weighted by molar-refractivity contribution is 5.93. The third-order valence-electron chi connectivity index (χ3n) is 5.20. The molecule has 2 atom stereocenters. The van der Waals surface area contributed by atoms with Crippen molar-refractivity contribution in [2.75, 3.05) is 13.1 Å². The Morgan fingerprint density at radius 1 is 1.13 bits per heavy atom.